The van der Waals surface area contributed by atoms with Crippen molar-refractivity contribution in [3.8, 4) is 0 Å². The fourth-order valence-corrected chi connectivity index (χ4v) is 1.19. The van der Waals surface area contributed by atoms with Crippen molar-refractivity contribution < 1.29 is 14.6 Å². The van der Waals surface area contributed by atoms with Gasteiger partial charge in [0.2, 0.25) is 0 Å². The van der Waals surface area contributed by atoms with Crippen molar-refractivity contribution in [1.29, 1.82) is 0 Å². The zero-order valence-electron chi connectivity index (χ0n) is 6.41. The standard InChI is InChI=1S/C6H13BO3/c1-2-9-4-3-5(7)10-6(4)8/h4-6,8H,2-3,7H2,1H3/t4-,5+,6-/m0/s1. The number of hydrogen-bond donors (Lipinski definition) is 1. The van der Waals surface area contributed by atoms with Crippen molar-refractivity contribution >= 4 is 7.85 Å². The van der Waals surface area contributed by atoms with Gasteiger partial charge in [0.1, 0.15) is 14.0 Å². The van der Waals surface area contributed by atoms with Crippen LogP contribution in [0.15, 0.2) is 0 Å². The first-order chi connectivity index (χ1) is 4.74. The number of rotatable bonds is 2. The minimum Gasteiger partial charge on any atom is -0.373 e. The highest BCUT2D eigenvalue weighted by molar-refractivity contribution is 6.11. The molecule has 0 spiro atoms. The summed E-state index contributed by atoms with van der Waals surface area (Å²) in [4.78, 5) is 0. The van der Waals surface area contributed by atoms with Crippen molar-refractivity contribution in [2.24, 2.45) is 0 Å². The molecule has 1 aliphatic heterocycles. The van der Waals surface area contributed by atoms with Gasteiger partial charge in [0.15, 0.2) is 6.29 Å². The SMILES string of the molecule is B[C@H]1C[C@H](OCC)[C@@H](O)O1. The lowest BCUT2D eigenvalue weighted by atomic mass is 9.97. The van der Waals surface area contributed by atoms with Crippen molar-refractivity contribution in [1.82, 2.24) is 0 Å². The van der Waals surface area contributed by atoms with Crippen LogP contribution in [0.3, 0.4) is 0 Å². The Kier molecular flexibility index (Phi) is 2.71. The quantitative estimate of drug-likeness (QED) is 0.510. The predicted octanol–water partition coefficient (Wildman–Crippen LogP) is -0.911. The Hall–Kier alpha value is -0.0551. The first kappa shape index (κ1) is 8.05. The van der Waals surface area contributed by atoms with E-state index >= 15 is 0 Å². The van der Waals surface area contributed by atoms with Crippen LogP contribution in [0.4, 0.5) is 0 Å². The summed E-state index contributed by atoms with van der Waals surface area (Å²) in [6.45, 7) is 2.55. The highest BCUT2D eigenvalue weighted by Crippen LogP contribution is 2.18. The van der Waals surface area contributed by atoms with Crippen LogP contribution in [0, 0.1) is 0 Å². The molecule has 0 aromatic rings. The van der Waals surface area contributed by atoms with Gasteiger partial charge >= 0.3 is 0 Å². The van der Waals surface area contributed by atoms with E-state index in [0.29, 0.717) is 6.61 Å². The summed E-state index contributed by atoms with van der Waals surface area (Å²) in [5, 5.41) is 9.14. The molecule has 1 rings (SSSR count). The van der Waals surface area contributed by atoms with Crippen LogP contribution >= 0.6 is 0 Å². The number of aliphatic hydroxyl groups is 1. The first-order valence-electron chi connectivity index (χ1n) is 3.69. The maximum absolute atomic E-state index is 9.14. The van der Waals surface area contributed by atoms with E-state index in [1.165, 1.54) is 0 Å². The first-order valence-corrected chi connectivity index (χ1v) is 3.69. The van der Waals surface area contributed by atoms with Gasteiger partial charge in [-0.05, 0) is 13.3 Å². The van der Waals surface area contributed by atoms with E-state index in [1.807, 2.05) is 14.8 Å². The van der Waals surface area contributed by atoms with E-state index in [2.05, 4.69) is 0 Å². The van der Waals surface area contributed by atoms with E-state index in [-0.39, 0.29) is 12.1 Å². The molecule has 0 aliphatic carbocycles. The van der Waals surface area contributed by atoms with Gasteiger partial charge in [0, 0.05) is 12.6 Å². The monoisotopic (exact) mass is 144 g/mol. The molecule has 4 heteroatoms. The Morgan fingerprint density at radius 3 is 2.90 bits per heavy atom. The summed E-state index contributed by atoms with van der Waals surface area (Å²) in [5.74, 6) is 0. The fraction of sp³-hybridized carbons (Fsp3) is 1.00. The molecule has 0 unspecified atom stereocenters. The van der Waals surface area contributed by atoms with E-state index in [0.717, 1.165) is 6.42 Å². The minimum absolute atomic E-state index is 0.111. The molecule has 0 aromatic heterocycles. The van der Waals surface area contributed by atoms with Crippen molar-refractivity contribution in [3.63, 3.8) is 0 Å². The molecular formula is C6H13BO3. The van der Waals surface area contributed by atoms with Crippen LogP contribution in [0.5, 0.6) is 0 Å². The van der Waals surface area contributed by atoms with Crippen LogP contribution in [0.1, 0.15) is 13.3 Å². The second-order valence-electron chi connectivity index (χ2n) is 2.57. The molecule has 1 aliphatic rings. The molecule has 0 bridgehead atoms. The maximum Gasteiger partial charge on any atom is 0.180 e. The van der Waals surface area contributed by atoms with Crippen molar-refractivity contribution in [2.75, 3.05) is 6.61 Å². The highest BCUT2D eigenvalue weighted by Gasteiger charge is 2.31. The summed E-state index contributed by atoms with van der Waals surface area (Å²) < 4.78 is 10.3. The normalized spacial score (nSPS) is 40.4. The Labute approximate surface area is 61.7 Å². The third-order valence-corrected chi connectivity index (χ3v) is 1.63. The Balaban J connectivity index is 2.31. The summed E-state index contributed by atoms with van der Waals surface area (Å²) in [6.07, 6.45) is -0.0235. The van der Waals surface area contributed by atoms with Crippen LogP contribution in [0.25, 0.3) is 0 Å². The van der Waals surface area contributed by atoms with Gasteiger partial charge in [-0.1, -0.05) is 0 Å². The molecule has 1 fully saturated rings. The third-order valence-electron chi connectivity index (χ3n) is 1.63. The topological polar surface area (TPSA) is 38.7 Å². The zero-order valence-corrected chi connectivity index (χ0v) is 6.41. The van der Waals surface area contributed by atoms with Gasteiger partial charge in [-0.25, -0.2) is 0 Å². The Morgan fingerprint density at radius 1 is 1.80 bits per heavy atom. The zero-order chi connectivity index (χ0) is 7.56. The molecule has 0 aromatic carbocycles. The van der Waals surface area contributed by atoms with Gasteiger partial charge in [0.25, 0.3) is 0 Å². The van der Waals surface area contributed by atoms with E-state index in [1.54, 1.807) is 0 Å². The Morgan fingerprint density at radius 2 is 2.50 bits per heavy atom. The summed E-state index contributed by atoms with van der Waals surface area (Å²) >= 11 is 0. The number of hydrogen-bond acceptors (Lipinski definition) is 3. The second-order valence-corrected chi connectivity index (χ2v) is 2.57. The molecule has 0 radical (unpaired) electrons. The molecule has 3 atom stereocenters. The van der Waals surface area contributed by atoms with E-state index in [4.69, 9.17) is 14.6 Å². The largest absolute Gasteiger partial charge is 0.373 e. The highest BCUT2D eigenvalue weighted by atomic mass is 16.6. The summed E-state index contributed by atoms with van der Waals surface area (Å²) in [5.41, 5.74) is 0. The lowest BCUT2D eigenvalue weighted by molar-refractivity contribution is -0.130. The molecule has 1 saturated heterocycles. The van der Waals surface area contributed by atoms with Gasteiger partial charge in [0.05, 0.1) is 0 Å². The number of aliphatic hydroxyl groups excluding tert-OH is 1. The van der Waals surface area contributed by atoms with Gasteiger partial charge in [-0.3, -0.25) is 0 Å². The fourth-order valence-electron chi connectivity index (χ4n) is 1.19. The van der Waals surface area contributed by atoms with Crippen LogP contribution < -0.4 is 0 Å². The lowest BCUT2D eigenvalue weighted by Gasteiger charge is -2.11. The third kappa shape index (κ3) is 1.72. The van der Waals surface area contributed by atoms with Gasteiger partial charge in [-0.2, -0.15) is 0 Å². The van der Waals surface area contributed by atoms with Crippen molar-refractivity contribution in [2.45, 2.75) is 31.7 Å². The van der Waals surface area contributed by atoms with Crippen LogP contribution in [-0.4, -0.2) is 38.0 Å². The van der Waals surface area contributed by atoms with Gasteiger partial charge < -0.3 is 14.6 Å². The summed E-state index contributed by atoms with van der Waals surface area (Å²) in [7, 11) is 1.93. The van der Waals surface area contributed by atoms with E-state index < -0.39 is 6.29 Å². The second kappa shape index (κ2) is 3.37. The molecule has 1 N–H and O–H groups in total. The van der Waals surface area contributed by atoms with Crippen LogP contribution in [0.2, 0.25) is 0 Å². The predicted molar refractivity (Wildman–Crippen MR) is 39.5 cm³/mol. The lowest BCUT2D eigenvalue weighted by Crippen LogP contribution is -2.23. The smallest absolute Gasteiger partial charge is 0.180 e. The van der Waals surface area contributed by atoms with Crippen molar-refractivity contribution in [3.05, 3.63) is 0 Å². The molecular weight excluding hydrogens is 131 g/mol. The molecule has 0 saturated carbocycles. The average molecular weight is 144 g/mol. The Bertz CT molecular complexity index is 109. The maximum atomic E-state index is 9.14. The molecule has 10 heavy (non-hydrogen) atoms. The number of ether oxygens (including phenoxy) is 2. The van der Waals surface area contributed by atoms with Gasteiger partial charge in [-0.15, -0.1) is 0 Å². The molecule has 1 heterocycles. The minimum atomic E-state index is -0.713. The molecule has 0 amide bonds. The summed E-state index contributed by atoms with van der Waals surface area (Å²) in [6, 6.07) is 0.131. The van der Waals surface area contributed by atoms with E-state index in [9.17, 15) is 0 Å². The average Bonchev–Trinajstić information content (AvgIpc) is 2.13. The van der Waals surface area contributed by atoms with Crippen LogP contribution in [-0.2, 0) is 9.47 Å². The molecule has 58 valence electrons. The molecule has 3 nitrogen and oxygen atoms in total.